The average Bonchev–Trinajstić information content (AvgIpc) is 3.75. The van der Waals surface area contributed by atoms with Gasteiger partial charge in [0.25, 0.3) is 0 Å². The molecule has 1 heterocycles. The maximum absolute atomic E-state index is 12.6. The fourth-order valence-corrected chi connectivity index (χ4v) is 6.71. The van der Waals surface area contributed by atoms with E-state index in [1.54, 1.807) is 0 Å². The van der Waals surface area contributed by atoms with Gasteiger partial charge in [0.05, 0.1) is 13.2 Å². The number of likely N-dealkylation sites (tertiary alicyclic amines) is 1. The molecule has 0 aromatic heterocycles. The van der Waals surface area contributed by atoms with Crippen LogP contribution in [0.3, 0.4) is 0 Å². The molecule has 0 N–H and O–H groups in total. The summed E-state index contributed by atoms with van der Waals surface area (Å²) in [5.74, 6) is -0.416. The highest BCUT2D eigenvalue weighted by Crippen LogP contribution is 2.12. The van der Waals surface area contributed by atoms with Crippen LogP contribution in [0.2, 0.25) is 0 Å². The number of hydrogen-bond donors (Lipinski definition) is 0. The van der Waals surface area contributed by atoms with Gasteiger partial charge >= 0.3 is 18.3 Å². The van der Waals surface area contributed by atoms with Crippen LogP contribution in [-0.4, -0.2) is 75.3 Å². The number of esters is 1. The van der Waals surface area contributed by atoms with Crippen LogP contribution in [0, 0.1) is 0 Å². The van der Waals surface area contributed by atoms with E-state index < -0.39 is 24.4 Å². The largest absolute Gasteiger partial charge is 0.508 e. The van der Waals surface area contributed by atoms with Crippen molar-refractivity contribution < 1.29 is 38.1 Å². The predicted molar refractivity (Wildman–Crippen MR) is 238 cm³/mol. The van der Waals surface area contributed by atoms with E-state index in [4.69, 9.17) is 23.7 Å². The Morgan fingerprint density at radius 1 is 0.483 bits per heavy atom. The zero-order valence-electron chi connectivity index (χ0n) is 37.2. The van der Waals surface area contributed by atoms with Crippen molar-refractivity contribution in [3.05, 3.63) is 48.6 Å². The van der Waals surface area contributed by atoms with Gasteiger partial charge in [-0.3, -0.25) is 4.79 Å². The van der Waals surface area contributed by atoms with Crippen molar-refractivity contribution in [2.45, 2.75) is 200 Å². The number of rotatable bonds is 39. The fraction of sp³-hybridized carbons (Fsp3) is 0.776. The number of nitrogens with zero attached hydrogens (tertiary/aromatic N) is 1. The van der Waals surface area contributed by atoms with Crippen molar-refractivity contribution in [2.24, 2.45) is 0 Å². The first-order valence-electron chi connectivity index (χ1n) is 23.7. The van der Waals surface area contributed by atoms with Gasteiger partial charge in [0.1, 0.15) is 13.2 Å². The highest BCUT2D eigenvalue weighted by molar-refractivity contribution is 5.69. The van der Waals surface area contributed by atoms with Crippen LogP contribution < -0.4 is 0 Å². The van der Waals surface area contributed by atoms with Crippen molar-refractivity contribution >= 4 is 18.3 Å². The Bertz CT molecular complexity index is 1010. The summed E-state index contributed by atoms with van der Waals surface area (Å²) in [5.41, 5.74) is 0. The molecule has 0 aliphatic carbocycles. The van der Waals surface area contributed by atoms with E-state index in [0.29, 0.717) is 6.42 Å². The lowest BCUT2D eigenvalue weighted by molar-refractivity contribution is -0.154. The third-order valence-electron chi connectivity index (χ3n) is 10.3. The highest BCUT2D eigenvalue weighted by Gasteiger charge is 2.21. The summed E-state index contributed by atoms with van der Waals surface area (Å²) in [6, 6.07) is 0. The van der Waals surface area contributed by atoms with Gasteiger partial charge in [-0.2, -0.15) is 0 Å². The molecule has 1 aliphatic rings. The quantitative estimate of drug-likeness (QED) is 0.0260. The lowest BCUT2D eigenvalue weighted by Crippen LogP contribution is -2.31. The molecule has 0 aromatic carbocycles. The summed E-state index contributed by atoms with van der Waals surface area (Å²) in [6.07, 6.45) is 46.2. The second kappa shape index (κ2) is 42.1. The standard InChI is InChI=1S/C49H85NO8/c1-3-5-7-9-11-13-15-17-19-21-23-25-27-29-31-35-42-54-48(52)56-44-46(58-47(51)38-37-41-50-39-33-34-40-50)45-57-49(53)55-43-36-32-30-28-26-24-22-20-18-16-14-12-10-8-6-4-2/h11-14,17-20,46H,3-10,15-16,21-45H2,1-2H3/b13-11-,14-12-,19-17-,20-18-. The molecular formula is C49H85NO8. The van der Waals surface area contributed by atoms with Crippen molar-refractivity contribution in [3.63, 3.8) is 0 Å². The molecule has 0 radical (unpaired) electrons. The van der Waals surface area contributed by atoms with Gasteiger partial charge in [-0.1, -0.05) is 140 Å². The molecule has 1 saturated heterocycles. The van der Waals surface area contributed by atoms with Gasteiger partial charge in [0.15, 0.2) is 6.10 Å². The SMILES string of the molecule is CCCCC/C=C\C/C=C\CCCCCCCCOC(=O)OCC(COC(=O)OCCCCCCCC/C=C\C/C=C\CCCCC)OC(=O)CCCN1CCCC1. The molecule has 334 valence electrons. The molecule has 9 nitrogen and oxygen atoms in total. The highest BCUT2D eigenvalue weighted by atomic mass is 16.7. The predicted octanol–water partition coefficient (Wildman–Crippen LogP) is 13.7. The Morgan fingerprint density at radius 3 is 1.31 bits per heavy atom. The first-order valence-corrected chi connectivity index (χ1v) is 23.7. The van der Waals surface area contributed by atoms with Crippen LogP contribution in [0.15, 0.2) is 48.6 Å². The van der Waals surface area contributed by atoms with Gasteiger partial charge in [-0.05, 0) is 116 Å². The van der Waals surface area contributed by atoms with E-state index >= 15 is 0 Å². The van der Waals surface area contributed by atoms with Crippen LogP contribution in [0.4, 0.5) is 9.59 Å². The minimum atomic E-state index is -0.942. The molecule has 0 unspecified atom stereocenters. The summed E-state index contributed by atoms with van der Waals surface area (Å²) in [7, 11) is 0. The van der Waals surface area contributed by atoms with Crippen molar-refractivity contribution in [1.29, 1.82) is 0 Å². The van der Waals surface area contributed by atoms with E-state index in [1.807, 2.05) is 0 Å². The average molecular weight is 816 g/mol. The maximum atomic E-state index is 12.6. The third kappa shape index (κ3) is 37.2. The van der Waals surface area contributed by atoms with Gasteiger partial charge in [-0.15, -0.1) is 0 Å². The first-order chi connectivity index (χ1) is 28.5. The molecule has 0 saturated carbocycles. The number of carbonyl (C=O) groups excluding carboxylic acids is 3. The number of carbonyl (C=O) groups is 3. The maximum Gasteiger partial charge on any atom is 0.508 e. The first kappa shape index (κ1) is 52.9. The normalized spacial score (nSPS) is 13.5. The third-order valence-corrected chi connectivity index (χ3v) is 10.3. The lowest BCUT2D eigenvalue weighted by atomic mass is 10.1. The zero-order chi connectivity index (χ0) is 41.8. The zero-order valence-corrected chi connectivity index (χ0v) is 37.2. The van der Waals surface area contributed by atoms with Crippen molar-refractivity contribution in [2.75, 3.05) is 46.1 Å². The monoisotopic (exact) mass is 816 g/mol. The molecule has 0 spiro atoms. The Labute approximate surface area is 354 Å². The summed E-state index contributed by atoms with van der Waals surface area (Å²) < 4.78 is 26.6. The molecule has 1 fully saturated rings. The minimum absolute atomic E-state index is 0.239. The Kier molecular flexibility index (Phi) is 38.4. The van der Waals surface area contributed by atoms with Gasteiger partial charge < -0.3 is 28.6 Å². The van der Waals surface area contributed by atoms with Crippen LogP contribution in [0.25, 0.3) is 0 Å². The van der Waals surface area contributed by atoms with Crippen LogP contribution >= 0.6 is 0 Å². The Hall–Kier alpha value is -3.07. The van der Waals surface area contributed by atoms with Crippen LogP contribution in [-0.2, 0) is 28.5 Å². The molecule has 0 bridgehead atoms. The van der Waals surface area contributed by atoms with Crippen molar-refractivity contribution in [1.82, 2.24) is 4.90 Å². The van der Waals surface area contributed by atoms with E-state index in [2.05, 4.69) is 67.4 Å². The minimum Gasteiger partial charge on any atom is -0.455 e. The second-order valence-electron chi connectivity index (χ2n) is 15.8. The fourth-order valence-electron chi connectivity index (χ4n) is 6.71. The molecule has 9 heteroatoms. The Balaban J connectivity index is 2.19. The van der Waals surface area contributed by atoms with E-state index in [9.17, 15) is 14.4 Å². The van der Waals surface area contributed by atoms with Gasteiger partial charge in [-0.25, -0.2) is 9.59 Å². The Morgan fingerprint density at radius 2 is 0.879 bits per heavy atom. The van der Waals surface area contributed by atoms with Gasteiger partial charge in [0.2, 0.25) is 0 Å². The molecule has 58 heavy (non-hydrogen) atoms. The molecule has 0 amide bonds. The number of unbranched alkanes of at least 4 members (excludes halogenated alkanes) is 18. The molecule has 0 aromatic rings. The molecular weight excluding hydrogens is 731 g/mol. The van der Waals surface area contributed by atoms with E-state index in [-0.39, 0.29) is 32.8 Å². The topological polar surface area (TPSA) is 101 Å². The lowest BCUT2D eigenvalue weighted by Gasteiger charge is -2.18. The van der Waals surface area contributed by atoms with Crippen molar-refractivity contribution in [3.8, 4) is 0 Å². The summed E-state index contributed by atoms with van der Waals surface area (Å²) in [6.45, 7) is 7.45. The summed E-state index contributed by atoms with van der Waals surface area (Å²) >= 11 is 0. The van der Waals surface area contributed by atoms with Crippen LogP contribution in [0.5, 0.6) is 0 Å². The van der Waals surface area contributed by atoms with Crippen LogP contribution in [0.1, 0.15) is 194 Å². The summed E-state index contributed by atoms with van der Waals surface area (Å²) in [5, 5.41) is 0. The smallest absolute Gasteiger partial charge is 0.455 e. The molecule has 1 aliphatic heterocycles. The van der Waals surface area contributed by atoms with E-state index in [0.717, 1.165) is 83.8 Å². The van der Waals surface area contributed by atoms with Gasteiger partial charge in [0, 0.05) is 6.42 Å². The number of hydrogen-bond acceptors (Lipinski definition) is 9. The number of ether oxygens (including phenoxy) is 5. The van der Waals surface area contributed by atoms with E-state index in [1.165, 1.54) is 103 Å². The number of allylic oxidation sites excluding steroid dienone is 8. The molecule has 0 atom stereocenters. The molecule has 1 rings (SSSR count). The summed E-state index contributed by atoms with van der Waals surface area (Å²) in [4.78, 5) is 39.5. The second-order valence-corrected chi connectivity index (χ2v) is 15.8.